The summed E-state index contributed by atoms with van der Waals surface area (Å²) in [7, 11) is 0. The molecule has 0 aliphatic carbocycles. The van der Waals surface area contributed by atoms with Crippen LogP contribution in [0.25, 0.3) is 0 Å². The molecule has 0 aromatic heterocycles. The van der Waals surface area contributed by atoms with Gasteiger partial charge in [-0.2, -0.15) is 0 Å². The highest BCUT2D eigenvalue weighted by Crippen LogP contribution is 2.27. The van der Waals surface area contributed by atoms with Crippen LogP contribution in [0.15, 0.2) is 78.9 Å². The lowest BCUT2D eigenvalue weighted by atomic mass is 10.1. The zero-order valence-electron chi connectivity index (χ0n) is 11.7. The fourth-order valence-electron chi connectivity index (χ4n) is 2.21. The summed E-state index contributed by atoms with van der Waals surface area (Å²) in [5.41, 5.74) is 9.08. The van der Waals surface area contributed by atoms with Gasteiger partial charge in [-0.05, 0) is 41.8 Å². The lowest BCUT2D eigenvalue weighted by Crippen LogP contribution is -1.92. The topological polar surface area (TPSA) is 35.2 Å². The summed E-state index contributed by atoms with van der Waals surface area (Å²) >= 11 is 0. The van der Waals surface area contributed by atoms with Crippen LogP contribution in [-0.4, -0.2) is 0 Å². The molecule has 0 aliphatic heterocycles. The minimum Gasteiger partial charge on any atom is -0.455 e. The number of nitrogen functional groups attached to an aromatic ring is 1. The van der Waals surface area contributed by atoms with E-state index in [0.29, 0.717) is 11.4 Å². The van der Waals surface area contributed by atoms with Crippen molar-refractivity contribution in [3.63, 3.8) is 0 Å². The molecule has 2 nitrogen and oxygen atoms in total. The molecule has 0 amide bonds. The highest BCUT2D eigenvalue weighted by molar-refractivity contribution is 5.53. The zero-order valence-corrected chi connectivity index (χ0v) is 11.7. The Morgan fingerprint density at radius 1 is 0.667 bits per heavy atom. The van der Waals surface area contributed by atoms with Crippen molar-refractivity contribution >= 4 is 5.69 Å². The van der Waals surface area contributed by atoms with E-state index in [0.717, 1.165) is 12.2 Å². The lowest BCUT2D eigenvalue weighted by molar-refractivity contribution is 0.485. The van der Waals surface area contributed by atoms with E-state index in [-0.39, 0.29) is 0 Å². The van der Waals surface area contributed by atoms with Gasteiger partial charge in [-0.3, -0.25) is 0 Å². The van der Waals surface area contributed by atoms with Crippen molar-refractivity contribution in [2.45, 2.75) is 6.42 Å². The van der Waals surface area contributed by atoms with Gasteiger partial charge in [0.2, 0.25) is 0 Å². The molecule has 0 heterocycles. The summed E-state index contributed by atoms with van der Waals surface area (Å²) in [6.45, 7) is 0. The monoisotopic (exact) mass is 275 g/mol. The number of benzene rings is 3. The Labute approximate surface area is 124 Å². The van der Waals surface area contributed by atoms with Crippen LogP contribution in [0.2, 0.25) is 0 Å². The van der Waals surface area contributed by atoms with Crippen LogP contribution in [0.1, 0.15) is 11.1 Å². The molecule has 21 heavy (non-hydrogen) atoms. The first-order chi connectivity index (χ1) is 10.3. The summed E-state index contributed by atoms with van der Waals surface area (Å²) in [6, 6.07) is 26.1. The summed E-state index contributed by atoms with van der Waals surface area (Å²) in [6.07, 6.45) is 0.925. The summed E-state index contributed by atoms with van der Waals surface area (Å²) < 4.78 is 5.79. The molecular formula is C19H17NO. The van der Waals surface area contributed by atoms with Crippen molar-refractivity contribution in [3.05, 3.63) is 90.0 Å². The van der Waals surface area contributed by atoms with Gasteiger partial charge in [-0.25, -0.2) is 0 Å². The first-order valence-corrected chi connectivity index (χ1v) is 6.96. The van der Waals surface area contributed by atoms with Crippen molar-refractivity contribution in [2.75, 3.05) is 5.73 Å². The second-order valence-electron chi connectivity index (χ2n) is 4.95. The SMILES string of the molecule is Nc1ccccc1Oc1ccc(Cc2ccccc2)cc1. The molecule has 0 fully saturated rings. The lowest BCUT2D eigenvalue weighted by Gasteiger charge is -2.09. The van der Waals surface area contributed by atoms with E-state index >= 15 is 0 Å². The second-order valence-corrected chi connectivity index (χ2v) is 4.95. The minimum atomic E-state index is 0.644. The Kier molecular flexibility index (Phi) is 3.88. The minimum absolute atomic E-state index is 0.644. The molecule has 0 radical (unpaired) electrons. The smallest absolute Gasteiger partial charge is 0.150 e. The molecule has 0 atom stereocenters. The molecule has 3 aromatic rings. The molecular weight excluding hydrogens is 258 g/mol. The Morgan fingerprint density at radius 2 is 1.29 bits per heavy atom. The van der Waals surface area contributed by atoms with Gasteiger partial charge < -0.3 is 10.5 Å². The Bertz CT molecular complexity index is 705. The van der Waals surface area contributed by atoms with E-state index in [2.05, 4.69) is 36.4 Å². The highest BCUT2D eigenvalue weighted by Gasteiger charge is 2.01. The van der Waals surface area contributed by atoms with Crippen LogP contribution in [0.5, 0.6) is 11.5 Å². The van der Waals surface area contributed by atoms with Gasteiger partial charge in [0.05, 0.1) is 5.69 Å². The van der Waals surface area contributed by atoms with E-state index in [9.17, 15) is 0 Å². The molecule has 2 N–H and O–H groups in total. The first kappa shape index (κ1) is 13.3. The maximum atomic E-state index is 5.88. The van der Waals surface area contributed by atoms with E-state index < -0.39 is 0 Å². The van der Waals surface area contributed by atoms with Gasteiger partial charge in [-0.1, -0.05) is 54.6 Å². The van der Waals surface area contributed by atoms with Gasteiger partial charge in [0.1, 0.15) is 11.5 Å². The van der Waals surface area contributed by atoms with E-state index in [1.165, 1.54) is 11.1 Å². The van der Waals surface area contributed by atoms with Gasteiger partial charge in [0.25, 0.3) is 0 Å². The van der Waals surface area contributed by atoms with Crippen LogP contribution in [0.4, 0.5) is 5.69 Å². The van der Waals surface area contributed by atoms with E-state index in [1.807, 2.05) is 42.5 Å². The van der Waals surface area contributed by atoms with Crippen LogP contribution in [-0.2, 0) is 6.42 Å². The molecule has 0 saturated carbocycles. The number of hydrogen-bond acceptors (Lipinski definition) is 2. The van der Waals surface area contributed by atoms with Crippen LogP contribution in [0, 0.1) is 0 Å². The quantitative estimate of drug-likeness (QED) is 0.703. The average molecular weight is 275 g/mol. The number of anilines is 1. The van der Waals surface area contributed by atoms with Crippen molar-refractivity contribution in [1.29, 1.82) is 0 Å². The second kappa shape index (κ2) is 6.14. The summed E-state index contributed by atoms with van der Waals surface area (Å²) in [4.78, 5) is 0. The first-order valence-electron chi connectivity index (χ1n) is 6.96. The number of rotatable bonds is 4. The summed E-state index contributed by atoms with van der Waals surface area (Å²) in [5.74, 6) is 1.48. The van der Waals surface area contributed by atoms with Gasteiger partial charge in [0, 0.05) is 0 Å². The van der Waals surface area contributed by atoms with E-state index in [1.54, 1.807) is 0 Å². The highest BCUT2D eigenvalue weighted by atomic mass is 16.5. The summed E-state index contributed by atoms with van der Waals surface area (Å²) in [5, 5.41) is 0. The Morgan fingerprint density at radius 3 is 2.00 bits per heavy atom. The maximum absolute atomic E-state index is 5.88. The molecule has 0 unspecified atom stereocenters. The maximum Gasteiger partial charge on any atom is 0.150 e. The van der Waals surface area contributed by atoms with Gasteiger partial charge in [0.15, 0.2) is 0 Å². The van der Waals surface area contributed by atoms with Gasteiger partial charge in [-0.15, -0.1) is 0 Å². The van der Waals surface area contributed by atoms with Crippen LogP contribution < -0.4 is 10.5 Å². The van der Waals surface area contributed by atoms with Crippen molar-refractivity contribution in [2.24, 2.45) is 0 Å². The molecule has 104 valence electrons. The van der Waals surface area contributed by atoms with Crippen molar-refractivity contribution in [3.8, 4) is 11.5 Å². The van der Waals surface area contributed by atoms with Gasteiger partial charge >= 0.3 is 0 Å². The predicted molar refractivity (Wildman–Crippen MR) is 86.6 cm³/mol. The third-order valence-corrected chi connectivity index (χ3v) is 3.32. The van der Waals surface area contributed by atoms with Crippen molar-refractivity contribution in [1.82, 2.24) is 0 Å². The number of nitrogens with two attached hydrogens (primary N) is 1. The molecule has 0 bridgehead atoms. The molecule has 3 aromatic carbocycles. The third kappa shape index (κ3) is 3.42. The zero-order chi connectivity index (χ0) is 14.5. The Balaban J connectivity index is 1.71. The van der Waals surface area contributed by atoms with E-state index in [4.69, 9.17) is 10.5 Å². The number of ether oxygens (including phenoxy) is 1. The fraction of sp³-hybridized carbons (Fsp3) is 0.0526. The predicted octanol–water partition coefficient (Wildman–Crippen LogP) is 4.65. The largest absolute Gasteiger partial charge is 0.455 e. The fourth-order valence-corrected chi connectivity index (χ4v) is 2.21. The third-order valence-electron chi connectivity index (χ3n) is 3.32. The average Bonchev–Trinajstić information content (AvgIpc) is 2.52. The molecule has 2 heteroatoms. The van der Waals surface area contributed by atoms with Crippen LogP contribution in [0.3, 0.4) is 0 Å². The number of hydrogen-bond donors (Lipinski definition) is 1. The number of para-hydroxylation sites is 2. The molecule has 3 rings (SSSR count). The molecule has 0 saturated heterocycles. The normalized spacial score (nSPS) is 10.3. The Hall–Kier alpha value is -2.74. The molecule has 0 aliphatic rings. The standard InChI is InChI=1S/C19H17NO/c20-18-8-4-5-9-19(18)21-17-12-10-16(11-13-17)14-15-6-2-1-3-7-15/h1-13H,14,20H2. The van der Waals surface area contributed by atoms with Crippen molar-refractivity contribution < 1.29 is 4.74 Å². The molecule has 0 spiro atoms. The van der Waals surface area contributed by atoms with Crippen LogP contribution >= 0.6 is 0 Å².